The van der Waals surface area contributed by atoms with Gasteiger partial charge in [-0.05, 0) is 36.8 Å². The molecule has 0 aliphatic carbocycles. The van der Waals surface area contributed by atoms with E-state index in [1.165, 1.54) is 16.9 Å². The fraction of sp³-hybridized carbons (Fsp3) is 0.320. The Morgan fingerprint density at radius 2 is 2.00 bits per heavy atom. The molecule has 1 aliphatic heterocycles. The summed E-state index contributed by atoms with van der Waals surface area (Å²) < 4.78 is 33.5. The Bertz CT molecular complexity index is 1740. The zero-order valence-electron chi connectivity index (χ0n) is 21.0. The summed E-state index contributed by atoms with van der Waals surface area (Å²) in [7, 11) is -3.21. The van der Waals surface area contributed by atoms with Crippen molar-refractivity contribution in [3.05, 3.63) is 54.2 Å². The van der Waals surface area contributed by atoms with E-state index in [4.69, 9.17) is 20.6 Å². The number of nitrogen functional groups attached to an aromatic ring is 1. The number of sulfonamides is 1. The van der Waals surface area contributed by atoms with Crippen LogP contribution in [-0.2, 0) is 16.6 Å². The topological polar surface area (TPSA) is 158 Å². The number of nitrogens with one attached hydrogen (secondary N) is 1. The van der Waals surface area contributed by atoms with E-state index in [2.05, 4.69) is 20.2 Å². The number of aryl methyl sites for hydroxylation is 1. The Morgan fingerprint density at radius 1 is 1.18 bits per heavy atom. The molecule has 5 heterocycles. The van der Waals surface area contributed by atoms with Crippen molar-refractivity contribution in [3.8, 4) is 17.1 Å². The first-order valence-electron chi connectivity index (χ1n) is 12.2. The van der Waals surface area contributed by atoms with Gasteiger partial charge in [0, 0.05) is 30.2 Å². The Morgan fingerprint density at radius 3 is 2.74 bits per heavy atom. The Hall–Kier alpha value is -4.10. The number of anilines is 1. The average Bonchev–Trinajstić information content (AvgIpc) is 3.53. The first-order chi connectivity index (χ1) is 18.3. The minimum Gasteiger partial charge on any atom is -0.474 e. The van der Waals surface area contributed by atoms with Crippen molar-refractivity contribution in [2.45, 2.75) is 32.4 Å². The Labute approximate surface area is 218 Å². The number of nitrogens with two attached hydrogens (primary N) is 1. The molecule has 0 bridgehead atoms. The monoisotopic (exact) mass is 533 g/mol. The molecule has 6 rings (SSSR count). The number of rotatable bonds is 6. The van der Waals surface area contributed by atoms with Gasteiger partial charge >= 0.3 is 0 Å². The number of pyridine rings is 1. The third-order valence-electron chi connectivity index (χ3n) is 6.88. The van der Waals surface area contributed by atoms with E-state index >= 15 is 0 Å². The minimum atomic E-state index is -3.21. The summed E-state index contributed by atoms with van der Waals surface area (Å²) in [6, 6.07) is 8.09. The predicted octanol–water partition coefficient (Wildman–Crippen LogP) is 2.51. The second-order valence-electron chi connectivity index (χ2n) is 9.52. The predicted molar refractivity (Wildman–Crippen MR) is 143 cm³/mol. The number of aromatic amines is 1. The van der Waals surface area contributed by atoms with Crippen molar-refractivity contribution in [2.75, 3.05) is 25.1 Å². The summed E-state index contributed by atoms with van der Waals surface area (Å²) in [5.41, 5.74) is 10.0. The highest BCUT2D eigenvalue weighted by molar-refractivity contribution is 7.88. The summed E-state index contributed by atoms with van der Waals surface area (Å²) in [6.07, 6.45) is 7.15. The molecule has 5 aromatic rings. The molecule has 12 nitrogen and oxygen atoms in total. The lowest BCUT2D eigenvalue weighted by molar-refractivity contribution is 0.132. The number of hydrogen-bond donors (Lipinski definition) is 2. The van der Waals surface area contributed by atoms with Crippen LogP contribution in [0.15, 0.2) is 43.0 Å². The first-order valence-corrected chi connectivity index (χ1v) is 14.1. The molecular formula is C25H27N9O3S. The number of nitrogens with zero attached hydrogens (tertiary/aromatic N) is 7. The molecule has 38 heavy (non-hydrogen) atoms. The standard InChI is InChI=1S/C25H27N9O3S/c1-15-4-3-5-16-10-18(31-25(20(15)16)37-19-6-8-33(9-7-19)38(2,35)36)13-34-24-21(23(26)27-14-28-24)22(32-34)17-11-29-30-12-17/h3-5,10-12,14,19H,6-9,13H2,1-2H3,(H,29,30)(H2,26,27,28). The van der Waals surface area contributed by atoms with Gasteiger partial charge in [-0.1, -0.05) is 18.2 Å². The molecule has 1 fully saturated rings. The van der Waals surface area contributed by atoms with Crippen molar-refractivity contribution in [1.82, 2.24) is 39.2 Å². The summed E-state index contributed by atoms with van der Waals surface area (Å²) in [5.74, 6) is 0.873. The zero-order chi connectivity index (χ0) is 26.4. The number of aromatic nitrogens is 7. The smallest absolute Gasteiger partial charge is 0.222 e. The molecule has 3 N–H and O–H groups in total. The summed E-state index contributed by atoms with van der Waals surface area (Å²) in [4.78, 5) is 13.5. The number of ether oxygens (including phenoxy) is 1. The lowest BCUT2D eigenvalue weighted by Gasteiger charge is -2.30. The van der Waals surface area contributed by atoms with Crippen molar-refractivity contribution in [1.29, 1.82) is 0 Å². The van der Waals surface area contributed by atoms with Crippen LogP contribution in [0.25, 0.3) is 33.1 Å². The van der Waals surface area contributed by atoms with Gasteiger partial charge in [-0.25, -0.2) is 32.4 Å². The van der Waals surface area contributed by atoms with Crippen molar-refractivity contribution in [3.63, 3.8) is 0 Å². The van der Waals surface area contributed by atoms with Crippen molar-refractivity contribution >= 4 is 37.6 Å². The largest absolute Gasteiger partial charge is 0.474 e. The van der Waals surface area contributed by atoms with Crippen LogP contribution in [0.5, 0.6) is 5.88 Å². The van der Waals surface area contributed by atoms with E-state index in [1.807, 2.05) is 31.2 Å². The molecule has 4 aromatic heterocycles. The molecule has 1 aliphatic rings. The molecule has 0 atom stereocenters. The van der Waals surface area contributed by atoms with E-state index in [-0.39, 0.29) is 6.10 Å². The molecule has 0 spiro atoms. The quantitative estimate of drug-likeness (QED) is 0.334. The maximum absolute atomic E-state index is 11.9. The maximum atomic E-state index is 11.9. The summed E-state index contributed by atoms with van der Waals surface area (Å²) in [6.45, 7) is 3.22. The number of H-pyrrole nitrogens is 1. The van der Waals surface area contributed by atoms with Gasteiger partial charge < -0.3 is 10.5 Å². The highest BCUT2D eigenvalue weighted by Gasteiger charge is 2.27. The third-order valence-corrected chi connectivity index (χ3v) is 8.18. The average molecular weight is 534 g/mol. The van der Waals surface area contributed by atoms with Crippen LogP contribution in [0, 0.1) is 6.92 Å². The third kappa shape index (κ3) is 4.43. The molecule has 13 heteroatoms. The van der Waals surface area contributed by atoms with E-state index in [0.29, 0.717) is 60.9 Å². The second-order valence-corrected chi connectivity index (χ2v) is 11.5. The van der Waals surface area contributed by atoms with E-state index in [1.54, 1.807) is 17.1 Å². The van der Waals surface area contributed by atoms with Gasteiger partial charge in [0.05, 0.1) is 30.1 Å². The first kappa shape index (κ1) is 24.2. The maximum Gasteiger partial charge on any atom is 0.222 e. The lowest BCUT2D eigenvalue weighted by atomic mass is 10.1. The van der Waals surface area contributed by atoms with Gasteiger partial charge in [0.1, 0.15) is 23.9 Å². The fourth-order valence-electron chi connectivity index (χ4n) is 4.98. The number of fused-ring (bicyclic) bond motifs is 2. The fourth-order valence-corrected chi connectivity index (χ4v) is 5.86. The molecule has 0 radical (unpaired) electrons. The SMILES string of the molecule is Cc1cccc2cc(Cn3nc(-c4cn[nH]c4)c4c(N)ncnc43)nc(OC3CCN(S(C)(=O)=O)CC3)c12. The van der Waals surface area contributed by atoms with Crippen LogP contribution in [0.4, 0.5) is 5.82 Å². The van der Waals surface area contributed by atoms with E-state index in [9.17, 15) is 8.42 Å². The van der Waals surface area contributed by atoms with Crippen molar-refractivity contribution in [2.24, 2.45) is 0 Å². The highest BCUT2D eigenvalue weighted by Crippen LogP contribution is 2.32. The molecule has 0 saturated carbocycles. The molecular weight excluding hydrogens is 506 g/mol. The van der Waals surface area contributed by atoms with Gasteiger partial charge in [-0.3, -0.25) is 5.10 Å². The number of piperidine rings is 1. The van der Waals surface area contributed by atoms with E-state index < -0.39 is 10.0 Å². The number of benzene rings is 1. The summed E-state index contributed by atoms with van der Waals surface area (Å²) >= 11 is 0. The van der Waals surface area contributed by atoms with Crippen molar-refractivity contribution < 1.29 is 13.2 Å². The van der Waals surface area contributed by atoms with Crippen LogP contribution < -0.4 is 10.5 Å². The normalized spacial score (nSPS) is 15.4. The molecule has 196 valence electrons. The molecule has 0 amide bonds. The molecule has 1 saturated heterocycles. The van der Waals surface area contributed by atoms with Gasteiger partial charge in [-0.2, -0.15) is 10.2 Å². The van der Waals surface area contributed by atoms with E-state index in [0.717, 1.165) is 27.6 Å². The second kappa shape index (κ2) is 9.33. The lowest BCUT2D eigenvalue weighted by Crippen LogP contribution is -2.41. The molecule has 1 aromatic carbocycles. The summed E-state index contributed by atoms with van der Waals surface area (Å²) in [5, 5.41) is 14.2. The minimum absolute atomic E-state index is 0.135. The van der Waals surface area contributed by atoms with Gasteiger partial charge in [0.25, 0.3) is 0 Å². The van der Waals surface area contributed by atoms with Crippen LogP contribution in [0.3, 0.4) is 0 Å². The Kier molecular flexibility index (Phi) is 5.95. The van der Waals surface area contributed by atoms with Crippen LogP contribution in [-0.4, -0.2) is 73.1 Å². The van der Waals surface area contributed by atoms with Crippen LogP contribution in [0.1, 0.15) is 24.1 Å². The molecule has 0 unspecified atom stereocenters. The van der Waals surface area contributed by atoms with Gasteiger partial charge in [-0.15, -0.1) is 0 Å². The van der Waals surface area contributed by atoms with Gasteiger partial charge in [0.15, 0.2) is 5.65 Å². The van der Waals surface area contributed by atoms with Crippen LogP contribution >= 0.6 is 0 Å². The highest BCUT2D eigenvalue weighted by atomic mass is 32.2. The Balaban J connectivity index is 1.37. The zero-order valence-corrected chi connectivity index (χ0v) is 21.8. The number of hydrogen-bond acceptors (Lipinski definition) is 9. The van der Waals surface area contributed by atoms with Crippen LogP contribution in [0.2, 0.25) is 0 Å². The van der Waals surface area contributed by atoms with Gasteiger partial charge in [0.2, 0.25) is 15.9 Å².